The summed E-state index contributed by atoms with van der Waals surface area (Å²) in [6.07, 6.45) is 4.39. The molecule has 196 valence electrons. The molecule has 0 unspecified atom stereocenters. The molecule has 1 aliphatic rings. The van der Waals surface area contributed by atoms with Crippen LogP contribution in [0.1, 0.15) is 45.4 Å². The van der Waals surface area contributed by atoms with Crippen molar-refractivity contribution in [2.24, 2.45) is 0 Å². The van der Waals surface area contributed by atoms with Gasteiger partial charge in [-0.1, -0.05) is 0 Å². The van der Waals surface area contributed by atoms with Crippen molar-refractivity contribution in [1.29, 1.82) is 0 Å². The maximum Gasteiger partial charge on any atom is 0.256 e. The number of nitrogens with zero attached hydrogens (tertiary/aromatic N) is 5. The Morgan fingerprint density at radius 2 is 2.05 bits per heavy atom. The predicted octanol–water partition coefficient (Wildman–Crippen LogP) is 4.20. The largest absolute Gasteiger partial charge is 0.480 e. The molecule has 12 heteroatoms. The van der Waals surface area contributed by atoms with E-state index in [0.717, 1.165) is 31.2 Å². The molecule has 4 heterocycles. The number of imidazole rings is 1. The minimum atomic E-state index is -2.50. The van der Waals surface area contributed by atoms with Gasteiger partial charge in [0.2, 0.25) is 17.7 Å². The number of halogens is 2. The van der Waals surface area contributed by atoms with Gasteiger partial charge >= 0.3 is 0 Å². The SMILES string of the molecule is COc1nc(NC2CCC(C)(NC(C)=O)CC2)nc2[nH]cc(-c3cnc4nc(C)n(CC(F)F)c4c3)c12. The molecule has 0 radical (unpaired) electrons. The Hall–Kier alpha value is -3.83. The maximum absolute atomic E-state index is 13.2. The first-order chi connectivity index (χ1) is 17.7. The van der Waals surface area contributed by atoms with Crippen molar-refractivity contribution in [3.63, 3.8) is 0 Å². The van der Waals surface area contributed by atoms with Gasteiger partial charge in [0.15, 0.2) is 5.65 Å². The minimum Gasteiger partial charge on any atom is -0.480 e. The lowest BCUT2D eigenvalue weighted by atomic mass is 9.81. The number of ether oxygens (including phenoxy) is 1. The Morgan fingerprint density at radius 3 is 2.73 bits per heavy atom. The van der Waals surface area contributed by atoms with Gasteiger partial charge in [0, 0.05) is 42.0 Å². The molecule has 0 aromatic carbocycles. The number of aryl methyl sites for hydroxylation is 1. The van der Waals surface area contributed by atoms with Gasteiger partial charge in [-0.25, -0.2) is 18.7 Å². The number of rotatable bonds is 7. The minimum absolute atomic E-state index is 0.0158. The number of amides is 1. The highest BCUT2D eigenvalue weighted by Gasteiger charge is 2.32. The number of aromatic amines is 1. The average molecular weight is 513 g/mol. The summed E-state index contributed by atoms with van der Waals surface area (Å²) in [6, 6.07) is 1.97. The molecular formula is C25H30F2N8O2. The second-order valence-electron chi connectivity index (χ2n) is 9.87. The number of aromatic nitrogens is 6. The summed E-state index contributed by atoms with van der Waals surface area (Å²) < 4.78 is 33.4. The highest BCUT2D eigenvalue weighted by Crippen LogP contribution is 2.36. The van der Waals surface area contributed by atoms with E-state index in [0.29, 0.717) is 45.4 Å². The van der Waals surface area contributed by atoms with E-state index in [9.17, 15) is 13.6 Å². The second kappa shape index (κ2) is 9.56. The lowest BCUT2D eigenvalue weighted by molar-refractivity contribution is -0.121. The number of nitrogens with one attached hydrogen (secondary N) is 3. The lowest BCUT2D eigenvalue weighted by Gasteiger charge is -2.38. The number of alkyl halides is 2. The van der Waals surface area contributed by atoms with E-state index >= 15 is 0 Å². The Balaban J connectivity index is 1.43. The summed E-state index contributed by atoms with van der Waals surface area (Å²) in [5.74, 6) is 1.30. The monoisotopic (exact) mass is 512 g/mol. The van der Waals surface area contributed by atoms with Crippen molar-refractivity contribution in [3.8, 4) is 17.0 Å². The number of hydrogen-bond donors (Lipinski definition) is 3. The maximum atomic E-state index is 13.2. The standard InChI is InChI=1S/C25H30F2N8O2/c1-13-30-21-18(35(13)12-19(26)27)9-15(10-28-21)17-11-29-22-20(17)23(37-4)33-24(32-22)31-16-5-7-25(3,8-6-16)34-14(2)36/h9-11,16,19H,5-8,12H2,1-4H3,(H,34,36)(H2,29,31,32,33). The van der Waals surface area contributed by atoms with Crippen LogP contribution in [0.3, 0.4) is 0 Å². The Labute approximate surface area is 212 Å². The number of fused-ring (bicyclic) bond motifs is 2. The lowest BCUT2D eigenvalue weighted by Crippen LogP contribution is -2.49. The highest BCUT2D eigenvalue weighted by molar-refractivity contribution is 5.98. The zero-order valence-corrected chi connectivity index (χ0v) is 21.2. The van der Waals surface area contributed by atoms with Gasteiger partial charge in [-0.05, 0) is 45.6 Å². The van der Waals surface area contributed by atoms with Crippen LogP contribution in [0.4, 0.5) is 14.7 Å². The van der Waals surface area contributed by atoms with Gasteiger partial charge in [-0.2, -0.15) is 9.97 Å². The fourth-order valence-corrected chi connectivity index (χ4v) is 5.21. The summed E-state index contributed by atoms with van der Waals surface area (Å²) >= 11 is 0. The normalized spacial score (nSPS) is 20.0. The van der Waals surface area contributed by atoms with E-state index in [1.54, 1.807) is 39.4 Å². The van der Waals surface area contributed by atoms with E-state index in [1.165, 1.54) is 4.57 Å². The number of H-pyrrole nitrogens is 1. The third-order valence-electron chi connectivity index (χ3n) is 7.02. The number of anilines is 1. The van der Waals surface area contributed by atoms with Crippen molar-refractivity contribution in [3.05, 3.63) is 24.3 Å². The molecule has 1 amide bonds. The molecule has 4 aromatic rings. The van der Waals surface area contributed by atoms with Gasteiger partial charge < -0.3 is 24.9 Å². The third kappa shape index (κ3) is 4.92. The summed E-state index contributed by atoms with van der Waals surface area (Å²) in [5.41, 5.74) is 2.80. The first kappa shape index (κ1) is 24.8. The first-order valence-electron chi connectivity index (χ1n) is 12.3. The summed E-state index contributed by atoms with van der Waals surface area (Å²) in [5, 5.41) is 7.14. The van der Waals surface area contributed by atoms with Crippen LogP contribution < -0.4 is 15.4 Å². The Bertz CT molecular complexity index is 1460. The van der Waals surface area contributed by atoms with Crippen molar-refractivity contribution in [1.82, 2.24) is 34.8 Å². The van der Waals surface area contributed by atoms with E-state index in [2.05, 4.69) is 42.5 Å². The molecule has 0 saturated heterocycles. The van der Waals surface area contributed by atoms with Gasteiger partial charge in [-0.15, -0.1) is 0 Å². The van der Waals surface area contributed by atoms with Gasteiger partial charge in [-0.3, -0.25) is 4.79 Å². The number of methoxy groups -OCH3 is 1. The number of carbonyl (C=O) groups excluding carboxylic acids is 1. The molecule has 0 bridgehead atoms. The topological polar surface area (TPSA) is 123 Å². The molecule has 4 aromatic heterocycles. The third-order valence-corrected chi connectivity index (χ3v) is 7.02. The molecule has 10 nitrogen and oxygen atoms in total. The van der Waals surface area contributed by atoms with Crippen LogP contribution in [0, 0.1) is 6.92 Å². The van der Waals surface area contributed by atoms with Crippen molar-refractivity contribution >= 4 is 34.1 Å². The number of carbonyl (C=O) groups is 1. The van der Waals surface area contributed by atoms with Crippen LogP contribution in [0.25, 0.3) is 33.3 Å². The van der Waals surface area contributed by atoms with E-state index < -0.39 is 13.0 Å². The van der Waals surface area contributed by atoms with E-state index in [1.807, 2.05) is 0 Å². The zero-order chi connectivity index (χ0) is 26.3. The fourth-order valence-electron chi connectivity index (χ4n) is 5.21. The Kier molecular flexibility index (Phi) is 6.42. The molecule has 1 aliphatic carbocycles. The van der Waals surface area contributed by atoms with Crippen molar-refractivity contribution < 1.29 is 18.3 Å². The number of hydrogen-bond acceptors (Lipinski definition) is 7. The molecule has 1 saturated carbocycles. The van der Waals surface area contributed by atoms with Crippen LogP contribution in [-0.4, -0.2) is 60.5 Å². The zero-order valence-electron chi connectivity index (χ0n) is 21.2. The molecule has 5 rings (SSSR count). The molecule has 37 heavy (non-hydrogen) atoms. The van der Waals surface area contributed by atoms with Gasteiger partial charge in [0.1, 0.15) is 11.5 Å². The highest BCUT2D eigenvalue weighted by atomic mass is 19.3. The molecule has 0 spiro atoms. The summed E-state index contributed by atoms with van der Waals surface area (Å²) in [7, 11) is 1.55. The first-order valence-corrected chi connectivity index (χ1v) is 12.3. The summed E-state index contributed by atoms with van der Waals surface area (Å²) in [6.45, 7) is 4.86. The molecule has 0 aliphatic heterocycles. The molecule has 0 atom stereocenters. The quantitative estimate of drug-likeness (QED) is 0.339. The summed E-state index contributed by atoms with van der Waals surface area (Å²) in [4.78, 5) is 32.7. The van der Waals surface area contributed by atoms with E-state index in [4.69, 9.17) is 4.74 Å². The smallest absolute Gasteiger partial charge is 0.256 e. The van der Waals surface area contributed by atoms with Gasteiger partial charge in [0.25, 0.3) is 6.43 Å². The fraction of sp³-hybridized carbons (Fsp3) is 0.480. The number of pyridine rings is 1. The van der Waals surface area contributed by atoms with Crippen LogP contribution in [0.5, 0.6) is 5.88 Å². The van der Waals surface area contributed by atoms with Gasteiger partial charge in [0.05, 0.1) is 24.6 Å². The van der Waals surface area contributed by atoms with Crippen LogP contribution >= 0.6 is 0 Å². The molecular weight excluding hydrogens is 482 g/mol. The predicted molar refractivity (Wildman–Crippen MR) is 136 cm³/mol. The van der Waals surface area contributed by atoms with Crippen molar-refractivity contribution in [2.45, 2.75) is 71.0 Å². The van der Waals surface area contributed by atoms with E-state index in [-0.39, 0.29) is 17.5 Å². The molecule has 3 N–H and O–H groups in total. The molecule has 1 fully saturated rings. The second-order valence-corrected chi connectivity index (χ2v) is 9.87. The van der Waals surface area contributed by atoms with Crippen LogP contribution in [0.15, 0.2) is 18.5 Å². The Morgan fingerprint density at radius 1 is 1.30 bits per heavy atom. The van der Waals surface area contributed by atoms with Crippen molar-refractivity contribution in [2.75, 3.05) is 12.4 Å². The van der Waals surface area contributed by atoms with Crippen LogP contribution in [0.2, 0.25) is 0 Å². The van der Waals surface area contributed by atoms with Crippen LogP contribution in [-0.2, 0) is 11.3 Å². The average Bonchev–Trinajstić information content (AvgIpc) is 3.40.